The van der Waals surface area contributed by atoms with E-state index in [1.807, 2.05) is 36.6 Å². The molecule has 1 amide bonds. The number of fused-ring (bicyclic) bond motifs is 1. The maximum atomic E-state index is 12.9. The Morgan fingerprint density at radius 2 is 2.00 bits per heavy atom. The lowest BCUT2D eigenvalue weighted by atomic mass is 10.1. The molecule has 30 heavy (non-hydrogen) atoms. The number of hydrogen-bond donors (Lipinski definition) is 1. The second-order valence-electron chi connectivity index (χ2n) is 6.77. The van der Waals surface area contributed by atoms with Gasteiger partial charge in [0.15, 0.2) is 0 Å². The maximum Gasteiger partial charge on any atom is 0.271 e. The van der Waals surface area contributed by atoms with Gasteiger partial charge in [-0.05, 0) is 30.7 Å². The van der Waals surface area contributed by atoms with Crippen molar-refractivity contribution in [3.8, 4) is 16.9 Å². The molecule has 0 saturated carbocycles. The van der Waals surface area contributed by atoms with Gasteiger partial charge in [-0.1, -0.05) is 41.4 Å². The molecule has 0 aliphatic carbocycles. The minimum absolute atomic E-state index is 0.150. The van der Waals surface area contributed by atoms with E-state index in [-0.39, 0.29) is 18.0 Å². The molecule has 0 aliphatic heterocycles. The Kier molecular flexibility index (Phi) is 5.57. The average Bonchev–Trinajstić information content (AvgIpc) is 3.16. The summed E-state index contributed by atoms with van der Waals surface area (Å²) < 4.78 is 6.93. The van der Waals surface area contributed by atoms with Gasteiger partial charge in [-0.3, -0.25) is 14.2 Å². The number of nitrogens with zero attached hydrogens (tertiary/aromatic N) is 2. The van der Waals surface area contributed by atoms with E-state index in [0.29, 0.717) is 26.7 Å². The summed E-state index contributed by atoms with van der Waals surface area (Å²) in [4.78, 5) is 29.7. The van der Waals surface area contributed by atoms with E-state index >= 15 is 0 Å². The molecule has 0 spiro atoms. The SMILES string of the molecule is COc1ccc(NC(=O)Cn2cnc3c(-c4ccc(C)cc4)csc3c2=O)cc1Cl. The summed E-state index contributed by atoms with van der Waals surface area (Å²) in [6, 6.07) is 13.0. The first-order valence-corrected chi connectivity index (χ1v) is 10.4. The molecule has 1 N–H and O–H groups in total. The summed E-state index contributed by atoms with van der Waals surface area (Å²) in [5, 5.41) is 5.04. The number of benzene rings is 2. The van der Waals surface area contributed by atoms with Crippen LogP contribution >= 0.6 is 22.9 Å². The molecule has 0 fully saturated rings. The van der Waals surface area contributed by atoms with Crippen LogP contribution in [0.2, 0.25) is 5.02 Å². The molecule has 2 aromatic carbocycles. The van der Waals surface area contributed by atoms with E-state index in [0.717, 1.165) is 16.7 Å². The number of halogens is 1. The standard InChI is InChI=1S/C22H18ClN3O3S/c1-13-3-5-14(6-4-13)16-11-30-21-20(16)24-12-26(22(21)28)10-19(27)25-15-7-8-18(29-2)17(23)9-15/h3-9,11-12H,10H2,1-2H3,(H,25,27). The number of hydrogen-bond acceptors (Lipinski definition) is 5. The Labute approximate surface area is 181 Å². The number of ether oxygens (including phenoxy) is 1. The molecule has 2 heterocycles. The van der Waals surface area contributed by atoms with Crippen molar-refractivity contribution in [1.82, 2.24) is 9.55 Å². The van der Waals surface area contributed by atoms with Crippen molar-refractivity contribution in [1.29, 1.82) is 0 Å². The molecule has 2 aromatic heterocycles. The van der Waals surface area contributed by atoms with E-state index in [1.165, 1.54) is 29.3 Å². The highest BCUT2D eigenvalue weighted by molar-refractivity contribution is 7.17. The number of anilines is 1. The van der Waals surface area contributed by atoms with Crippen LogP contribution in [0.3, 0.4) is 0 Å². The second kappa shape index (κ2) is 8.30. The number of aromatic nitrogens is 2. The summed E-state index contributed by atoms with van der Waals surface area (Å²) in [6.45, 7) is 1.88. The molecule has 0 bridgehead atoms. The number of amides is 1. The summed E-state index contributed by atoms with van der Waals surface area (Å²) in [7, 11) is 1.52. The van der Waals surface area contributed by atoms with Crippen molar-refractivity contribution >= 4 is 44.7 Å². The third-order valence-electron chi connectivity index (χ3n) is 4.66. The Balaban J connectivity index is 1.57. The first-order chi connectivity index (χ1) is 14.5. The number of rotatable bonds is 5. The van der Waals surface area contributed by atoms with Crippen LogP contribution in [0.4, 0.5) is 5.69 Å². The van der Waals surface area contributed by atoms with Crippen LogP contribution in [-0.4, -0.2) is 22.6 Å². The number of nitrogens with one attached hydrogen (secondary N) is 1. The van der Waals surface area contributed by atoms with Gasteiger partial charge in [0.05, 0.1) is 24.0 Å². The van der Waals surface area contributed by atoms with E-state index in [2.05, 4.69) is 10.3 Å². The van der Waals surface area contributed by atoms with Gasteiger partial charge in [-0.15, -0.1) is 11.3 Å². The molecular formula is C22H18ClN3O3S. The van der Waals surface area contributed by atoms with Crippen molar-refractivity contribution in [2.75, 3.05) is 12.4 Å². The topological polar surface area (TPSA) is 73.2 Å². The Bertz CT molecular complexity index is 1300. The van der Waals surface area contributed by atoms with Gasteiger partial charge >= 0.3 is 0 Å². The lowest BCUT2D eigenvalue weighted by molar-refractivity contribution is -0.116. The first-order valence-electron chi connectivity index (χ1n) is 9.13. The number of methoxy groups -OCH3 is 1. The molecule has 0 saturated heterocycles. The zero-order chi connectivity index (χ0) is 21.3. The van der Waals surface area contributed by atoms with E-state index in [9.17, 15) is 9.59 Å². The predicted octanol–water partition coefficient (Wildman–Crippen LogP) is 4.73. The largest absolute Gasteiger partial charge is 0.495 e. The average molecular weight is 440 g/mol. The van der Waals surface area contributed by atoms with Crippen molar-refractivity contribution < 1.29 is 9.53 Å². The molecule has 8 heteroatoms. The lowest BCUT2D eigenvalue weighted by Crippen LogP contribution is -2.27. The van der Waals surface area contributed by atoms with Crippen LogP contribution in [0.5, 0.6) is 5.75 Å². The van der Waals surface area contributed by atoms with Crippen LogP contribution in [0.15, 0.2) is 59.0 Å². The molecule has 4 rings (SSSR count). The summed E-state index contributed by atoms with van der Waals surface area (Å²) in [6.07, 6.45) is 1.41. The summed E-state index contributed by atoms with van der Waals surface area (Å²) >= 11 is 7.42. The van der Waals surface area contributed by atoms with E-state index in [1.54, 1.807) is 18.2 Å². The zero-order valence-electron chi connectivity index (χ0n) is 16.3. The number of aryl methyl sites for hydroxylation is 1. The zero-order valence-corrected chi connectivity index (χ0v) is 17.9. The fourth-order valence-electron chi connectivity index (χ4n) is 3.09. The van der Waals surface area contributed by atoms with Gasteiger partial charge in [0, 0.05) is 16.6 Å². The Hall–Kier alpha value is -3.16. The van der Waals surface area contributed by atoms with Crippen LogP contribution in [0, 0.1) is 6.92 Å². The van der Waals surface area contributed by atoms with Gasteiger partial charge in [0.2, 0.25) is 5.91 Å². The minimum Gasteiger partial charge on any atom is -0.495 e. The molecule has 152 valence electrons. The normalized spacial score (nSPS) is 10.9. The summed E-state index contributed by atoms with van der Waals surface area (Å²) in [5.74, 6) is 0.164. The molecular weight excluding hydrogens is 422 g/mol. The quantitative estimate of drug-likeness (QED) is 0.487. The highest BCUT2D eigenvalue weighted by Gasteiger charge is 2.14. The van der Waals surface area contributed by atoms with Gasteiger partial charge in [0.25, 0.3) is 5.56 Å². The van der Waals surface area contributed by atoms with E-state index < -0.39 is 0 Å². The van der Waals surface area contributed by atoms with Crippen LogP contribution in [-0.2, 0) is 11.3 Å². The molecule has 0 unspecified atom stereocenters. The fraction of sp³-hybridized carbons (Fsp3) is 0.136. The Morgan fingerprint density at radius 1 is 1.23 bits per heavy atom. The van der Waals surface area contributed by atoms with Crippen molar-refractivity contribution in [2.24, 2.45) is 0 Å². The first kappa shape index (κ1) is 20.1. The van der Waals surface area contributed by atoms with Gasteiger partial charge in [0.1, 0.15) is 17.0 Å². The molecule has 0 aliphatic rings. The number of carbonyl (C=O) groups excluding carboxylic acids is 1. The monoisotopic (exact) mass is 439 g/mol. The van der Waals surface area contributed by atoms with Crippen molar-refractivity contribution in [3.05, 3.63) is 75.1 Å². The highest BCUT2D eigenvalue weighted by Crippen LogP contribution is 2.31. The van der Waals surface area contributed by atoms with Crippen LogP contribution in [0.25, 0.3) is 21.3 Å². The maximum absolute atomic E-state index is 12.9. The van der Waals surface area contributed by atoms with Crippen LogP contribution < -0.4 is 15.6 Å². The van der Waals surface area contributed by atoms with Gasteiger partial charge < -0.3 is 10.1 Å². The molecule has 0 radical (unpaired) electrons. The van der Waals surface area contributed by atoms with Gasteiger partial charge in [-0.2, -0.15) is 0 Å². The fourth-order valence-corrected chi connectivity index (χ4v) is 4.33. The minimum atomic E-state index is -0.352. The third-order valence-corrected chi connectivity index (χ3v) is 5.91. The number of carbonyl (C=O) groups is 1. The second-order valence-corrected chi connectivity index (χ2v) is 8.06. The lowest BCUT2D eigenvalue weighted by Gasteiger charge is -2.09. The van der Waals surface area contributed by atoms with Crippen molar-refractivity contribution in [2.45, 2.75) is 13.5 Å². The van der Waals surface area contributed by atoms with Gasteiger partial charge in [-0.25, -0.2) is 4.98 Å². The molecule has 6 nitrogen and oxygen atoms in total. The number of thiophene rings is 1. The van der Waals surface area contributed by atoms with Crippen LogP contribution in [0.1, 0.15) is 5.56 Å². The molecule has 4 aromatic rings. The van der Waals surface area contributed by atoms with E-state index in [4.69, 9.17) is 16.3 Å². The Morgan fingerprint density at radius 3 is 2.70 bits per heavy atom. The smallest absolute Gasteiger partial charge is 0.271 e. The predicted molar refractivity (Wildman–Crippen MR) is 121 cm³/mol. The van der Waals surface area contributed by atoms with Crippen molar-refractivity contribution in [3.63, 3.8) is 0 Å². The third kappa shape index (κ3) is 3.94. The highest BCUT2D eigenvalue weighted by atomic mass is 35.5. The molecule has 0 atom stereocenters. The summed E-state index contributed by atoms with van der Waals surface area (Å²) in [5.41, 5.74) is 4.00.